The number of carbonyl (C=O) groups is 1. The van der Waals surface area contributed by atoms with E-state index in [2.05, 4.69) is 9.98 Å². The van der Waals surface area contributed by atoms with Crippen molar-refractivity contribution in [1.82, 2.24) is 9.55 Å². The Hall–Kier alpha value is -4.04. The monoisotopic (exact) mass is 485 g/mol. The molecule has 35 heavy (non-hydrogen) atoms. The molecule has 3 heterocycles. The van der Waals surface area contributed by atoms with Crippen molar-refractivity contribution in [3.8, 4) is 5.75 Å². The maximum atomic E-state index is 13.8. The molecule has 0 aliphatic carbocycles. The highest BCUT2D eigenvalue weighted by Crippen LogP contribution is 2.40. The van der Waals surface area contributed by atoms with Crippen LogP contribution in [0.4, 0.5) is 0 Å². The minimum absolute atomic E-state index is 0.210. The molecular formula is C27H23N3O4S. The van der Waals surface area contributed by atoms with Gasteiger partial charge in [0.1, 0.15) is 11.8 Å². The number of pyridine rings is 1. The molecule has 0 saturated heterocycles. The van der Waals surface area contributed by atoms with Crippen molar-refractivity contribution in [2.75, 3.05) is 13.7 Å². The van der Waals surface area contributed by atoms with Crippen molar-refractivity contribution in [3.63, 3.8) is 0 Å². The third-order valence-electron chi connectivity index (χ3n) is 5.94. The number of aromatic nitrogens is 2. The zero-order chi connectivity index (χ0) is 24.5. The van der Waals surface area contributed by atoms with Gasteiger partial charge in [0, 0.05) is 18.0 Å². The lowest BCUT2D eigenvalue weighted by Gasteiger charge is -2.27. The van der Waals surface area contributed by atoms with E-state index in [1.807, 2.05) is 54.6 Å². The molecule has 0 spiro atoms. The summed E-state index contributed by atoms with van der Waals surface area (Å²) < 4.78 is 13.3. The molecule has 5 rings (SSSR count). The zero-order valence-corrected chi connectivity index (χ0v) is 20.3. The summed E-state index contributed by atoms with van der Waals surface area (Å²) in [6.07, 6.45) is 5.16. The lowest BCUT2D eigenvalue weighted by molar-refractivity contribution is -0.139. The molecule has 7 nitrogen and oxygen atoms in total. The van der Waals surface area contributed by atoms with Crippen LogP contribution in [0.25, 0.3) is 16.8 Å². The lowest BCUT2D eigenvalue weighted by Crippen LogP contribution is -2.40. The Morgan fingerprint density at radius 1 is 1.14 bits per heavy atom. The molecule has 1 aliphatic rings. The van der Waals surface area contributed by atoms with Gasteiger partial charge in [-0.3, -0.25) is 14.3 Å². The fraction of sp³-hybridized carbons (Fsp3) is 0.185. The number of allylic oxidation sites excluding steroid dienone is 1. The molecule has 8 heteroatoms. The van der Waals surface area contributed by atoms with Crippen LogP contribution >= 0.6 is 11.3 Å². The SMILES string of the molecule is CCOC(=O)C1=C(C)N=c2sc(=Cc3ccncc3)c(=O)n2C1c1c(OC)ccc2ccccc12. The summed E-state index contributed by atoms with van der Waals surface area (Å²) in [7, 11) is 1.58. The number of thiazole rings is 1. The first-order chi connectivity index (χ1) is 17.0. The fourth-order valence-corrected chi connectivity index (χ4v) is 5.46. The van der Waals surface area contributed by atoms with E-state index in [9.17, 15) is 9.59 Å². The second-order valence-electron chi connectivity index (χ2n) is 7.99. The summed E-state index contributed by atoms with van der Waals surface area (Å²) in [5, 5.41) is 1.86. The second kappa shape index (κ2) is 9.31. The van der Waals surface area contributed by atoms with Crippen molar-refractivity contribution in [2.45, 2.75) is 19.9 Å². The largest absolute Gasteiger partial charge is 0.496 e. The Morgan fingerprint density at radius 3 is 2.66 bits per heavy atom. The molecule has 0 fully saturated rings. The van der Waals surface area contributed by atoms with E-state index in [1.54, 1.807) is 37.9 Å². The molecule has 1 atom stereocenters. The molecule has 0 bridgehead atoms. The quantitative estimate of drug-likeness (QED) is 0.405. The highest BCUT2D eigenvalue weighted by molar-refractivity contribution is 7.07. The van der Waals surface area contributed by atoms with Gasteiger partial charge in [-0.15, -0.1) is 0 Å². The number of hydrogen-bond donors (Lipinski definition) is 0. The molecule has 0 N–H and O–H groups in total. The van der Waals surface area contributed by atoms with Gasteiger partial charge in [0.2, 0.25) is 0 Å². The Labute approximate surface area is 205 Å². The summed E-state index contributed by atoms with van der Waals surface area (Å²) in [4.78, 5) is 36.3. The maximum Gasteiger partial charge on any atom is 0.338 e. The van der Waals surface area contributed by atoms with Crippen molar-refractivity contribution in [1.29, 1.82) is 0 Å². The summed E-state index contributed by atoms with van der Waals surface area (Å²) >= 11 is 1.29. The number of rotatable bonds is 5. The number of methoxy groups -OCH3 is 1. The van der Waals surface area contributed by atoms with Crippen LogP contribution in [0, 0.1) is 0 Å². The van der Waals surface area contributed by atoms with Crippen LogP contribution < -0.4 is 19.6 Å². The highest BCUT2D eigenvalue weighted by Gasteiger charge is 2.36. The number of carbonyl (C=O) groups excluding carboxylic acids is 1. The molecule has 2 aromatic heterocycles. The Bertz CT molecular complexity index is 1650. The highest BCUT2D eigenvalue weighted by atomic mass is 32.1. The van der Waals surface area contributed by atoms with E-state index in [0.717, 1.165) is 21.9 Å². The van der Waals surface area contributed by atoms with E-state index in [0.29, 0.717) is 26.4 Å². The third kappa shape index (κ3) is 3.95. The average Bonchev–Trinajstić information content (AvgIpc) is 3.17. The van der Waals surface area contributed by atoms with Gasteiger partial charge in [-0.05, 0) is 54.5 Å². The predicted molar refractivity (Wildman–Crippen MR) is 135 cm³/mol. The van der Waals surface area contributed by atoms with Gasteiger partial charge in [-0.2, -0.15) is 0 Å². The van der Waals surface area contributed by atoms with Crippen LogP contribution in [0.15, 0.2) is 82.0 Å². The topological polar surface area (TPSA) is 82.8 Å². The minimum Gasteiger partial charge on any atom is -0.496 e. The molecule has 0 saturated carbocycles. The minimum atomic E-state index is -0.758. The summed E-state index contributed by atoms with van der Waals surface area (Å²) in [5.41, 5.74) is 2.18. The van der Waals surface area contributed by atoms with Gasteiger partial charge >= 0.3 is 5.97 Å². The average molecular weight is 486 g/mol. The fourth-order valence-electron chi connectivity index (χ4n) is 4.41. The third-order valence-corrected chi connectivity index (χ3v) is 6.93. The Morgan fingerprint density at radius 2 is 1.91 bits per heavy atom. The van der Waals surface area contributed by atoms with Crippen molar-refractivity contribution in [3.05, 3.63) is 103 Å². The molecule has 0 amide bonds. The summed E-state index contributed by atoms with van der Waals surface area (Å²) in [6, 6.07) is 14.6. The van der Waals surface area contributed by atoms with Crippen LogP contribution in [-0.4, -0.2) is 29.2 Å². The van der Waals surface area contributed by atoms with Crippen molar-refractivity contribution < 1.29 is 14.3 Å². The maximum absolute atomic E-state index is 13.8. The van der Waals surface area contributed by atoms with Gasteiger partial charge in [0.25, 0.3) is 5.56 Å². The molecular weight excluding hydrogens is 462 g/mol. The van der Waals surface area contributed by atoms with Crippen LogP contribution in [0.5, 0.6) is 5.75 Å². The predicted octanol–water partition coefficient (Wildman–Crippen LogP) is 3.36. The molecule has 176 valence electrons. The van der Waals surface area contributed by atoms with Gasteiger partial charge < -0.3 is 9.47 Å². The van der Waals surface area contributed by atoms with Gasteiger partial charge in [0.15, 0.2) is 4.80 Å². The smallest absolute Gasteiger partial charge is 0.338 e. The molecule has 1 aliphatic heterocycles. The van der Waals surface area contributed by atoms with Gasteiger partial charge in [-0.25, -0.2) is 9.79 Å². The van der Waals surface area contributed by atoms with E-state index in [1.165, 1.54) is 11.3 Å². The van der Waals surface area contributed by atoms with Crippen molar-refractivity contribution >= 4 is 34.2 Å². The number of esters is 1. The van der Waals surface area contributed by atoms with Crippen LogP contribution in [0.1, 0.15) is 31.0 Å². The van der Waals surface area contributed by atoms with Gasteiger partial charge in [0.05, 0.1) is 29.5 Å². The van der Waals surface area contributed by atoms with Gasteiger partial charge in [-0.1, -0.05) is 41.7 Å². The van der Waals surface area contributed by atoms with E-state index >= 15 is 0 Å². The van der Waals surface area contributed by atoms with Crippen LogP contribution in [0.2, 0.25) is 0 Å². The number of benzene rings is 2. The number of hydrogen-bond acceptors (Lipinski definition) is 7. The number of nitrogens with zero attached hydrogens (tertiary/aromatic N) is 3. The molecule has 2 aromatic carbocycles. The first-order valence-electron chi connectivity index (χ1n) is 11.2. The molecule has 4 aromatic rings. The van der Waals surface area contributed by atoms with Crippen LogP contribution in [0.3, 0.4) is 0 Å². The second-order valence-corrected chi connectivity index (χ2v) is 8.99. The Balaban J connectivity index is 1.86. The van der Waals surface area contributed by atoms with Crippen molar-refractivity contribution in [2.24, 2.45) is 4.99 Å². The normalized spacial score (nSPS) is 15.6. The number of fused-ring (bicyclic) bond motifs is 2. The standard InChI is InChI=1S/C27H23N3O4S/c1-4-34-26(32)22-16(2)29-27-30(25(31)21(35-27)15-17-11-13-28-14-12-17)24(22)23-19-8-6-5-7-18(19)9-10-20(23)33-3/h5-15,24H,4H2,1-3H3. The summed E-state index contributed by atoms with van der Waals surface area (Å²) in [5.74, 6) is 0.0751. The Kier molecular flexibility index (Phi) is 6.05. The zero-order valence-electron chi connectivity index (χ0n) is 19.5. The van der Waals surface area contributed by atoms with E-state index < -0.39 is 12.0 Å². The van der Waals surface area contributed by atoms with Crippen LogP contribution in [-0.2, 0) is 9.53 Å². The molecule has 1 unspecified atom stereocenters. The van der Waals surface area contributed by atoms with E-state index in [4.69, 9.17) is 9.47 Å². The lowest BCUT2D eigenvalue weighted by atomic mass is 9.90. The first kappa shape index (κ1) is 22.7. The number of ether oxygens (including phenoxy) is 2. The first-order valence-corrected chi connectivity index (χ1v) is 12.0. The van der Waals surface area contributed by atoms with E-state index in [-0.39, 0.29) is 12.2 Å². The molecule has 0 radical (unpaired) electrons. The summed E-state index contributed by atoms with van der Waals surface area (Å²) in [6.45, 7) is 3.74.